The number of para-hydroxylation sites is 4. The normalized spacial score (nSPS) is 18.5. The molecule has 2 aromatic carbocycles. The average molecular weight is 816 g/mol. The molecule has 298 valence electrons. The molecule has 1 fully saturated rings. The molecule has 3 heterocycles. The molecule has 0 spiro atoms. The number of carbonyl (C=O) groups excluding carboxylic acids is 1. The van der Waals surface area contributed by atoms with Crippen LogP contribution >= 0.6 is 0 Å². The Morgan fingerprint density at radius 2 is 0.945 bits per heavy atom. The Hall–Kier alpha value is -4.74. The van der Waals surface area contributed by atoms with Gasteiger partial charge in [-0.3, -0.25) is 4.79 Å². The zero-order valence-electron chi connectivity index (χ0n) is 26.4. The lowest BCUT2D eigenvalue weighted by atomic mass is 9.88. The maximum atomic E-state index is 14.8. The molecule has 2 unspecified atom stereocenters. The first-order chi connectivity index (χ1) is 25.1. The van der Waals surface area contributed by atoms with Gasteiger partial charge in [0, 0.05) is 6.42 Å². The number of alkyl halides is 17. The number of ether oxygens (including phenoxy) is 2. The number of aldehydes is 1. The van der Waals surface area contributed by atoms with E-state index < -0.39 is 78.7 Å². The highest BCUT2D eigenvalue weighted by molar-refractivity contribution is 5.87. The molecule has 55 heavy (non-hydrogen) atoms. The van der Waals surface area contributed by atoms with Crippen LogP contribution in [-0.4, -0.2) is 86.6 Å². The van der Waals surface area contributed by atoms with Crippen LogP contribution in [0.5, 0.6) is 0 Å². The summed E-state index contributed by atoms with van der Waals surface area (Å²) in [6.07, 6.45) is -12.6. The van der Waals surface area contributed by atoms with Gasteiger partial charge in [-0.1, -0.05) is 24.3 Å². The van der Waals surface area contributed by atoms with Gasteiger partial charge in [0.15, 0.2) is 6.29 Å². The summed E-state index contributed by atoms with van der Waals surface area (Å²) >= 11 is 0. The van der Waals surface area contributed by atoms with E-state index in [0.717, 1.165) is 6.08 Å². The highest BCUT2D eigenvalue weighted by atomic mass is 19.4. The Balaban J connectivity index is 1.44. The molecule has 1 aliphatic heterocycles. The van der Waals surface area contributed by atoms with Crippen molar-refractivity contribution < 1.29 is 88.9 Å². The standard InChI is InChI=1S/C31H17F17N4O3/c32-24(33,25(34,35)26(36,37)27(38,39)28(40,41)29(42,43)30(44,45)31(46,47)48)11-14-13-54-23(55-14)22-20(50-17-7-3-4-8-18(17)52-22)10-9-19-21(12-53)51-16-6-2-1-5-15(16)49-19/h1-10,12,14,23H,11,13H2/b10-9+. The smallest absolute Gasteiger partial charge is 0.344 e. The molecule has 2 atom stereocenters. The molecular formula is C31H17F17N4O3. The van der Waals surface area contributed by atoms with Gasteiger partial charge in [0.05, 0.1) is 46.2 Å². The summed E-state index contributed by atoms with van der Waals surface area (Å²) in [5.41, 5.74) is -0.0738. The van der Waals surface area contributed by atoms with Crippen LogP contribution in [0.25, 0.3) is 34.2 Å². The van der Waals surface area contributed by atoms with Crippen molar-refractivity contribution in [3.63, 3.8) is 0 Å². The lowest BCUT2D eigenvalue weighted by Gasteiger charge is -2.43. The fourth-order valence-electron chi connectivity index (χ4n) is 5.03. The highest BCUT2D eigenvalue weighted by Crippen LogP contribution is 2.64. The van der Waals surface area contributed by atoms with Crippen LogP contribution < -0.4 is 0 Å². The maximum absolute atomic E-state index is 14.8. The summed E-state index contributed by atoms with van der Waals surface area (Å²) < 4.78 is 244. The van der Waals surface area contributed by atoms with Gasteiger partial charge in [0.1, 0.15) is 11.4 Å². The number of rotatable bonds is 12. The topological polar surface area (TPSA) is 87.1 Å². The summed E-state index contributed by atoms with van der Waals surface area (Å²) in [4.78, 5) is 28.6. The van der Waals surface area contributed by atoms with E-state index in [2.05, 4.69) is 19.9 Å². The van der Waals surface area contributed by atoms with Crippen molar-refractivity contribution in [1.29, 1.82) is 0 Å². The Labute approximate surface area is 294 Å². The van der Waals surface area contributed by atoms with Gasteiger partial charge in [-0.25, -0.2) is 19.9 Å². The molecule has 0 amide bonds. The Morgan fingerprint density at radius 1 is 0.545 bits per heavy atom. The molecule has 7 nitrogen and oxygen atoms in total. The number of aromatic nitrogens is 4. The molecule has 5 rings (SSSR count). The second-order valence-electron chi connectivity index (χ2n) is 11.7. The highest BCUT2D eigenvalue weighted by Gasteiger charge is 2.95. The lowest BCUT2D eigenvalue weighted by molar-refractivity contribution is -0.462. The van der Waals surface area contributed by atoms with Crippen molar-refractivity contribution in [3.8, 4) is 0 Å². The first-order valence-corrected chi connectivity index (χ1v) is 14.8. The Morgan fingerprint density at radius 3 is 1.42 bits per heavy atom. The number of carbonyl (C=O) groups is 1. The van der Waals surface area contributed by atoms with Crippen LogP contribution in [0.15, 0.2) is 48.5 Å². The van der Waals surface area contributed by atoms with E-state index in [4.69, 9.17) is 9.47 Å². The summed E-state index contributed by atoms with van der Waals surface area (Å²) in [6, 6.07) is 12.0. The summed E-state index contributed by atoms with van der Waals surface area (Å²) in [5.74, 6) is -57.3. The zero-order valence-corrected chi connectivity index (χ0v) is 26.4. The van der Waals surface area contributed by atoms with E-state index in [0.29, 0.717) is 17.3 Å². The molecule has 1 saturated heterocycles. The monoisotopic (exact) mass is 816 g/mol. The van der Waals surface area contributed by atoms with Crippen LogP contribution in [0.3, 0.4) is 0 Å². The summed E-state index contributed by atoms with van der Waals surface area (Å²) in [6.45, 7) is -1.28. The van der Waals surface area contributed by atoms with E-state index >= 15 is 0 Å². The van der Waals surface area contributed by atoms with Crippen LogP contribution in [0.2, 0.25) is 0 Å². The second-order valence-corrected chi connectivity index (χ2v) is 11.7. The van der Waals surface area contributed by atoms with Gasteiger partial charge < -0.3 is 9.47 Å². The van der Waals surface area contributed by atoms with Crippen LogP contribution in [0.4, 0.5) is 74.6 Å². The minimum absolute atomic E-state index is 0.0502. The quantitative estimate of drug-likeness (QED) is 0.104. The predicted molar refractivity (Wildman–Crippen MR) is 152 cm³/mol. The molecule has 0 saturated carbocycles. The summed E-state index contributed by atoms with van der Waals surface area (Å²) in [5, 5.41) is 0. The molecule has 0 N–H and O–H groups in total. The average Bonchev–Trinajstić information content (AvgIpc) is 3.56. The van der Waals surface area contributed by atoms with Gasteiger partial charge in [-0.15, -0.1) is 0 Å². The molecule has 24 heteroatoms. The Bertz CT molecular complexity index is 2130. The van der Waals surface area contributed by atoms with Gasteiger partial charge in [-0.2, -0.15) is 74.6 Å². The van der Waals surface area contributed by atoms with E-state index in [1.807, 2.05) is 0 Å². The van der Waals surface area contributed by atoms with E-state index in [1.165, 1.54) is 30.3 Å². The van der Waals surface area contributed by atoms with Crippen molar-refractivity contribution in [2.24, 2.45) is 0 Å². The van der Waals surface area contributed by atoms with Crippen LogP contribution in [-0.2, 0) is 9.47 Å². The number of fused-ring (bicyclic) bond motifs is 2. The zero-order chi connectivity index (χ0) is 41.2. The van der Waals surface area contributed by atoms with Crippen LogP contribution in [0, 0.1) is 0 Å². The first kappa shape index (κ1) is 41.4. The van der Waals surface area contributed by atoms with Gasteiger partial charge in [0.25, 0.3) is 0 Å². The largest absolute Gasteiger partial charge is 0.460 e. The molecule has 1 aliphatic rings. The number of hydrogen-bond acceptors (Lipinski definition) is 7. The predicted octanol–water partition coefficient (Wildman–Crippen LogP) is 9.37. The maximum Gasteiger partial charge on any atom is 0.460 e. The number of nitrogens with zero attached hydrogens (tertiary/aromatic N) is 4. The van der Waals surface area contributed by atoms with Gasteiger partial charge >= 0.3 is 47.6 Å². The Kier molecular flexibility index (Phi) is 10.2. The van der Waals surface area contributed by atoms with E-state index in [9.17, 15) is 79.4 Å². The minimum Gasteiger partial charge on any atom is -0.344 e. The fourth-order valence-corrected chi connectivity index (χ4v) is 5.03. The molecule has 2 aromatic heterocycles. The fraction of sp³-hybridized carbons (Fsp3) is 0.387. The van der Waals surface area contributed by atoms with Crippen molar-refractivity contribution in [2.75, 3.05) is 6.61 Å². The second kappa shape index (κ2) is 13.5. The van der Waals surface area contributed by atoms with Crippen molar-refractivity contribution in [3.05, 3.63) is 71.3 Å². The van der Waals surface area contributed by atoms with Crippen molar-refractivity contribution in [2.45, 2.75) is 66.4 Å². The van der Waals surface area contributed by atoms with Crippen LogP contribution in [0.1, 0.15) is 40.3 Å². The van der Waals surface area contributed by atoms with E-state index in [-0.39, 0.29) is 28.1 Å². The molecule has 0 aliphatic carbocycles. The number of hydrogen-bond donors (Lipinski definition) is 0. The SMILES string of the molecule is O=Cc1nc2ccccc2nc1/C=C/c1nc2ccccc2nc1C1OCC(CC(F)(F)C(F)(F)C(F)(F)C(F)(F)C(F)(F)C(F)(F)C(F)(F)C(F)(F)F)O1. The summed E-state index contributed by atoms with van der Waals surface area (Å²) in [7, 11) is 0. The third-order valence-corrected chi connectivity index (χ3v) is 8.01. The van der Waals surface area contributed by atoms with Gasteiger partial charge in [0.2, 0.25) is 6.29 Å². The molecule has 4 aromatic rings. The first-order valence-electron chi connectivity index (χ1n) is 14.8. The molecule has 0 bridgehead atoms. The number of benzene rings is 2. The van der Waals surface area contributed by atoms with Crippen molar-refractivity contribution >= 4 is 40.5 Å². The number of halogens is 17. The molecule has 0 radical (unpaired) electrons. The van der Waals surface area contributed by atoms with E-state index in [1.54, 1.807) is 24.3 Å². The third kappa shape index (κ3) is 6.58. The molecular weight excluding hydrogens is 799 g/mol. The van der Waals surface area contributed by atoms with Gasteiger partial charge in [-0.05, 0) is 36.4 Å². The lowest BCUT2D eigenvalue weighted by Crippen LogP contribution is -2.74. The third-order valence-electron chi connectivity index (χ3n) is 8.01. The minimum atomic E-state index is -8.73. The van der Waals surface area contributed by atoms with Crippen molar-refractivity contribution in [1.82, 2.24) is 19.9 Å².